The summed E-state index contributed by atoms with van der Waals surface area (Å²) < 4.78 is 39.9. The number of imidazole rings is 2. The Morgan fingerprint density at radius 2 is 0.939 bits per heavy atom. The van der Waals surface area contributed by atoms with Gasteiger partial charge in [0.25, 0.3) is 0 Å². The number of alkyl halides is 2. The van der Waals surface area contributed by atoms with Gasteiger partial charge in [-0.3, -0.25) is 9.59 Å². The van der Waals surface area contributed by atoms with Crippen LogP contribution in [0.3, 0.4) is 0 Å². The number of nitrogens with one attached hydrogen (secondary N) is 4. The number of benzene rings is 2. The van der Waals surface area contributed by atoms with Crippen molar-refractivity contribution >= 4 is 24.0 Å². The fraction of sp³-hybridized carbons (Fsp3) is 0.560. The first-order valence-corrected chi connectivity index (χ1v) is 23.8. The van der Waals surface area contributed by atoms with Crippen LogP contribution in [-0.2, 0) is 19.1 Å². The lowest BCUT2D eigenvalue weighted by Crippen LogP contribution is -2.51. The zero-order valence-electron chi connectivity index (χ0n) is 38.5. The number of hydrogen-bond acceptors (Lipinski definition) is 8. The van der Waals surface area contributed by atoms with Crippen LogP contribution < -0.4 is 10.6 Å². The maximum Gasteiger partial charge on any atom is 0.407 e. The van der Waals surface area contributed by atoms with E-state index >= 15 is 8.78 Å². The van der Waals surface area contributed by atoms with Crippen LogP contribution in [0.2, 0.25) is 0 Å². The average Bonchev–Trinajstić information content (AvgIpc) is 4.17. The summed E-state index contributed by atoms with van der Waals surface area (Å²) in [6.45, 7) is 7.17. The Hall–Kier alpha value is -5.80. The van der Waals surface area contributed by atoms with Gasteiger partial charge in [0, 0.05) is 24.0 Å². The SMILES string of the molecule is COC(=O)N[C@H](C(=O)N1C[C@@H](F)C[C@H]1c1ncc(-c2ccc(-c3ccc(-c4cnc([C@@H]5C[C@H](F)CN5C(=O)[C@@H](NC(=O)OC)C(C)C)[nH]4)c4c3C3CCC4C3)c3c2C2CCC3C2)[nH]1)C(C)C. The molecule has 2 aromatic carbocycles. The van der Waals surface area contributed by atoms with Gasteiger partial charge in [0.15, 0.2) is 0 Å². The van der Waals surface area contributed by atoms with Crippen LogP contribution in [0.25, 0.3) is 33.6 Å². The summed E-state index contributed by atoms with van der Waals surface area (Å²) in [5.74, 6) is 1.53. The van der Waals surface area contributed by atoms with Crippen LogP contribution in [0.4, 0.5) is 18.4 Å². The van der Waals surface area contributed by atoms with Crippen LogP contribution in [0.1, 0.15) is 149 Å². The smallest absolute Gasteiger partial charge is 0.407 e. The number of carbonyl (C=O) groups excluding carboxylic acids is 4. The Kier molecular flexibility index (Phi) is 11.4. The molecule has 2 aromatic heterocycles. The van der Waals surface area contributed by atoms with E-state index in [9.17, 15) is 19.2 Å². The van der Waals surface area contributed by atoms with Gasteiger partial charge in [-0.15, -0.1) is 0 Å². The minimum atomic E-state index is -1.23. The molecule has 4 unspecified atom stereocenters. The molecule has 0 radical (unpaired) electrons. The fourth-order valence-electron chi connectivity index (χ4n) is 12.6. The number of rotatable bonds is 11. The number of methoxy groups -OCH3 is 2. The normalized spacial score (nSPS) is 26.8. The molecule has 4 N–H and O–H groups in total. The second-order valence-electron chi connectivity index (χ2n) is 20.1. The van der Waals surface area contributed by atoms with E-state index < -0.39 is 48.7 Å². The molecule has 16 heteroatoms. The molecule has 4 heterocycles. The third-order valence-corrected chi connectivity index (χ3v) is 15.6. The minimum Gasteiger partial charge on any atom is -0.453 e. The van der Waals surface area contributed by atoms with Crippen LogP contribution >= 0.6 is 0 Å². The van der Waals surface area contributed by atoms with Gasteiger partial charge in [-0.25, -0.2) is 28.3 Å². The highest BCUT2D eigenvalue weighted by molar-refractivity contribution is 5.88. The Morgan fingerprint density at radius 3 is 1.29 bits per heavy atom. The number of likely N-dealkylation sites (tertiary alicyclic amines) is 2. The van der Waals surface area contributed by atoms with Gasteiger partial charge in [0.05, 0.1) is 63.2 Å². The molecule has 10 rings (SSSR count). The van der Waals surface area contributed by atoms with Crippen LogP contribution in [0, 0.1) is 11.8 Å². The monoisotopic (exact) mass is 906 g/mol. The van der Waals surface area contributed by atoms with Gasteiger partial charge >= 0.3 is 12.2 Å². The molecule has 66 heavy (non-hydrogen) atoms. The van der Waals surface area contributed by atoms with E-state index in [0.717, 1.165) is 61.0 Å². The zero-order chi connectivity index (χ0) is 46.3. The molecular formula is C50H60F2N8O6. The standard InChI is InChI=1S/C50H60F2N8O6/c1-23(2)43(57-49(63)65-5)47(61)59-21-29(51)17-37(59)45-53-19-35(55-45)33-13-11-31(39-25-7-9-27(15-25)41(33)39)32-12-14-34(42-28-10-8-26(16-28)40(32)42)36-20-54-46(56-36)38-18-30(52)22-60(38)48(62)44(24(3)4)58-50(64)66-6/h11-14,19-20,23-30,37-38,43-44H,7-10,15-18,21-22H2,1-6H3,(H,53,55)(H,54,56)(H,57,63)(H,58,64)/t25?,26?,27?,28?,29-,30-,37-,38-,43-,44-/m0/s1. The number of hydrogen-bond donors (Lipinski definition) is 4. The largest absolute Gasteiger partial charge is 0.453 e. The molecule has 2 saturated carbocycles. The van der Waals surface area contributed by atoms with Crippen molar-refractivity contribution in [2.45, 2.75) is 139 Å². The van der Waals surface area contributed by atoms with E-state index in [4.69, 9.17) is 19.4 Å². The quantitative estimate of drug-likeness (QED) is 0.116. The van der Waals surface area contributed by atoms with Crippen molar-refractivity contribution in [3.63, 3.8) is 0 Å². The molecule has 10 atom stereocenters. The van der Waals surface area contributed by atoms with E-state index in [1.54, 1.807) is 0 Å². The number of H-pyrrole nitrogens is 2. The highest BCUT2D eigenvalue weighted by Crippen LogP contribution is 2.62. The molecule has 0 spiro atoms. The molecule has 4 fully saturated rings. The molecule has 2 saturated heterocycles. The molecule has 4 amide bonds. The molecular weight excluding hydrogens is 847 g/mol. The fourth-order valence-corrected chi connectivity index (χ4v) is 12.6. The molecule has 6 aliphatic rings. The summed E-state index contributed by atoms with van der Waals surface area (Å²) in [6, 6.07) is 6.01. The van der Waals surface area contributed by atoms with E-state index in [0.29, 0.717) is 35.3 Å². The number of nitrogens with zero attached hydrogens (tertiary/aromatic N) is 4. The van der Waals surface area contributed by atoms with Crippen molar-refractivity contribution in [2.24, 2.45) is 11.8 Å². The van der Waals surface area contributed by atoms with Crippen molar-refractivity contribution < 1.29 is 37.4 Å². The number of fused-ring (bicyclic) bond motifs is 10. The topological polar surface area (TPSA) is 175 Å². The lowest BCUT2D eigenvalue weighted by Gasteiger charge is -2.29. The van der Waals surface area contributed by atoms with Gasteiger partial charge < -0.3 is 39.9 Å². The molecule has 4 aromatic rings. The number of alkyl carbamates (subject to hydrolysis) is 2. The van der Waals surface area contributed by atoms with Crippen molar-refractivity contribution in [2.75, 3.05) is 27.3 Å². The number of aromatic amines is 2. The molecule has 4 bridgehead atoms. The highest BCUT2D eigenvalue weighted by Gasteiger charge is 2.47. The van der Waals surface area contributed by atoms with Crippen LogP contribution in [0.5, 0.6) is 0 Å². The summed E-state index contributed by atoms with van der Waals surface area (Å²) in [5.41, 5.74) is 12.0. The van der Waals surface area contributed by atoms with Gasteiger partial charge in [-0.1, -0.05) is 52.0 Å². The van der Waals surface area contributed by atoms with Crippen molar-refractivity contribution in [3.05, 3.63) is 70.6 Å². The minimum absolute atomic E-state index is 0.0812. The second kappa shape index (κ2) is 17.1. The van der Waals surface area contributed by atoms with Crippen LogP contribution in [0.15, 0.2) is 36.7 Å². The summed E-state index contributed by atoms with van der Waals surface area (Å²) in [7, 11) is 2.50. The van der Waals surface area contributed by atoms with Gasteiger partial charge in [-0.2, -0.15) is 0 Å². The third kappa shape index (κ3) is 7.42. The predicted octanol–water partition coefficient (Wildman–Crippen LogP) is 8.85. The predicted molar refractivity (Wildman–Crippen MR) is 242 cm³/mol. The van der Waals surface area contributed by atoms with Gasteiger partial charge in [-0.05, 0) is 107 Å². The Bertz CT molecular complexity index is 2400. The Labute approximate surface area is 383 Å². The first kappa shape index (κ1) is 44.1. The van der Waals surface area contributed by atoms with Crippen LogP contribution in [-0.4, -0.2) is 105 Å². The number of carbonyl (C=O) groups is 4. The Balaban J connectivity index is 0.966. The van der Waals surface area contributed by atoms with Crippen molar-refractivity contribution in [3.8, 4) is 33.6 Å². The maximum absolute atomic E-state index is 15.2. The second-order valence-corrected chi connectivity index (χ2v) is 20.1. The number of ether oxygens (including phenoxy) is 2. The first-order chi connectivity index (χ1) is 31.7. The summed E-state index contributed by atoms with van der Waals surface area (Å²) in [5, 5.41) is 5.28. The third-order valence-electron chi connectivity index (χ3n) is 15.6. The number of halogens is 2. The van der Waals surface area contributed by atoms with E-state index in [1.165, 1.54) is 57.4 Å². The number of amides is 4. The van der Waals surface area contributed by atoms with Crippen molar-refractivity contribution in [1.82, 2.24) is 40.4 Å². The molecule has 2 aliphatic heterocycles. The lowest BCUT2D eigenvalue weighted by molar-refractivity contribution is -0.136. The maximum atomic E-state index is 15.2. The summed E-state index contributed by atoms with van der Waals surface area (Å²) in [4.78, 5) is 71.7. The summed E-state index contributed by atoms with van der Waals surface area (Å²) >= 11 is 0. The molecule has 4 aliphatic carbocycles. The highest BCUT2D eigenvalue weighted by atomic mass is 19.1. The average molecular weight is 907 g/mol. The van der Waals surface area contributed by atoms with Gasteiger partial charge in [0.1, 0.15) is 36.1 Å². The summed E-state index contributed by atoms with van der Waals surface area (Å²) in [6.07, 6.45) is 6.67. The number of aromatic nitrogens is 4. The zero-order valence-corrected chi connectivity index (χ0v) is 38.5. The first-order valence-electron chi connectivity index (χ1n) is 23.8. The molecule has 14 nitrogen and oxygen atoms in total. The van der Waals surface area contributed by atoms with E-state index in [2.05, 4.69) is 44.9 Å². The molecule has 350 valence electrons. The Morgan fingerprint density at radius 1 is 0.591 bits per heavy atom. The van der Waals surface area contributed by atoms with E-state index in [-0.39, 0.29) is 49.6 Å². The van der Waals surface area contributed by atoms with Gasteiger partial charge in [0.2, 0.25) is 11.8 Å². The van der Waals surface area contributed by atoms with E-state index in [1.807, 2.05) is 40.1 Å². The van der Waals surface area contributed by atoms with Crippen molar-refractivity contribution in [1.29, 1.82) is 0 Å². The lowest BCUT2D eigenvalue weighted by atomic mass is 9.78.